The van der Waals surface area contributed by atoms with E-state index in [1.54, 1.807) is 38.4 Å². The normalized spacial score (nSPS) is 11.2. The van der Waals surface area contributed by atoms with Crippen LogP contribution >= 0.6 is 0 Å². The Morgan fingerprint density at radius 1 is 1.10 bits per heavy atom. The molecule has 2 aromatic heterocycles. The molecule has 0 saturated carbocycles. The van der Waals surface area contributed by atoms with Crippen molar-refractivity contribution in [1.82, 2.24) is 13.7 Å². The number of hydrogen-bond donors (Lipinski definition) is 1. The zero-order chi connectivity index (χ0) is 14.7. The predicted octanol–water partition coefficient (Wildman–Crippen LogP) is 1.06. The van der Waals surface area contributed by atoms with Gasteiger partial charge >= 0.3 is 5.69 Å². The first-order valence-corrected chi connectivity index (χ1v) is 6.72. The third-order valence-corrected chi connectivity index (χ3v) is 3.23. The van der Waals surface area contributed by atoms with Crippen LogP contribution in [0.1, 0.15) is 26.3 Å². The molecule has 2 heterocycles. The lowest BCUT2D eigenvalue weighted by Gasteiger charge is -2.07. The third-order valence-electron chi connectivity index (χ3n) is 3.23. The molecule has 6 nitrogen and oxygen atoms in total. The van der Waals surface area contributed by atoms with Crippen molar-refractivity contribution in [3.05, 3.63) is 51.6 Å². The monoisotopic (exact) mass is 276 g/mol. The van der Waals surface area contributed by atoms with E-state index in [1.165, 1.54) is 6.07 Å². The van der Waals surface area contributed by atoms with E-state index in [0.29, 0.717) is 25.2 Å². The van der Waals surface area contributed by atoms with Gasteiger partial charge in [-0.3, -0.25) is 13.9 Å². The highest BCUT2D eigenvalue weighted by Crippen LogP contribution is 2.01. The van der Waals surface area contributed by atoms with E-state index in [1.807, 2.05) is 13.8 Å². The van der Waals surface area contributed by atoms with Crippen molar-refractivity contribution in [2.24, 2.45) is 0 Å². The van der Waals surface area contributed by atoms with Gasteiger partial charge in [-0.15, -0.1) is 0 Å². The Bertz CT molecular complexity index is 694. The van der Waals surface area contributed by atoms with E-state index in [2.05, 4.69) is 0 Å². The summed E-state index contributed by atoms with van der Waals surface area (Å²) in [6.07, 6.45) is 5.90. The number of aromatic nitrogens is 3. The molecule has 2 N–H and O–H groups in total. The number of imidazole rings is 1. The van der Waals surface area contributed by atoms with Crippen molar-refractivity contribution in [2.75, 3.05) is 5.73 Å². The van der Waals surface area contributed by atoms with Crippen molar-refractivity contribution < 1.29 is 0 Å². The highest BCUT2D eigenvalue weighted by molar-refractivity contribution is 5.33. The van der Waals surface area contributed by atoms with Gasteiger partial charge in [0.25, 0.3) is 5.56 Å². The lowest BCUT2D eigenvalue weighted by Crippen LogP contribution is -2.26. The van der Waals surface area contributed by atoms with E-state index in [0.717, 1.165) is 0 Å². The Morgan fingerprint density at radius 3 is 2.45 bits per heavy atom. The minimum absolute atomic E-state index is 0.0140. The summed E-state index contributed by atoms with van der Waals surface area (Å²) in [4.78, 5) is 23.6. The molecule has 20 heavy (non-hydrogen) atoms. The first-order valence-electron chi connectivity index (χ1n) is 6.72. The number of nitrogen functional groups attached to an aromatic ring is 1. The second kappa shape index (κ2) is 5.81. The van der Waals surface area contributed by atoms with Crippen LogP contribution in [0.3, 0.4) is 0 Å². The molecular formula is C14H20N4O2. The fourth-order valence-corrected chi connectivity index (χ4v) is 2.13. The zero-order valence-corrected chi connectivity index (χ0v) is 11.8. The molecule has 0 fully saturated rings. The Kier molecular flexibility index (Phi) is 4.12. The van der Waals surface area contributed by atoms with Gasteiger partial charge in [0.2, 0.25) is 0 Å². The van der Waals surface area contributed by atoms with E-state index in [9.17, 15) is 9.59 Å². The molecular weight excluding hydrogens is 256 g/mol. The average Bonchev–Trinajstić information content (AvgIpc) is 2.75. The van der Waals surface area contributed by atoms with E-state index >= 15 is 0 Å². The van der Waals surface area contributed by atoms with Gasteiger partial charge in [-0.2, -0.15) is 0 Å². The minimum atomic E-state index is -0.0775. The van der Waals surface area contributed by atoms with Crippen LogP contribution in [0.5, 0.6) is 0 Å². The third kappa shape index (κ3) is 3.01. The van der Waals surface area contributed by atoms with Gasteiger partial charge in [0.1, 0.15) is 0 Å². The number of anilines is 1. The first-order chi connectivity index (χ1) is 9.49. The molecule has 0 bridgehead atoms. The van der Waals surface area contributed by atoms with Crippen molar-refractivity contribution in [3.63, 3.8) is 0 Å². The Labute approximate surface area is 117 Å². The van der Waals surface area contributed by atoms with Gasteiger partial charge in [0.15, 0.2) is 0 Å². The maximum Gasteiger partial charge on any atom is 0.328 e. The molecule has 0 spiro atoms. The first kappa shape index (κ1) is 14.2. The SMILES string of the molecule is CC(C)n1ccn(CCCn2cc(N)ccc2=O)c1=O. The average molecular weight is 276 g/mol. The fourth-order valence-electron chi connectivity index (χ4n) is 2.13. The van der Waals surface area contributed by atoms with Gasteiger partial charge < -0.3 is 10.3 Å². The highest BCUT2D eigenvalue weighted by atomic mass is 16.1. The van der Waals surface area contributed by atoms with Gasteiger partial charge in [-0.1, -0.05) is 0 Å². The van der Waals surface area contributed by atoms with Crippen molar-refractivity contribution in [3.8, 4) is 0 Å². The number of rotatable bonds is 5. The molecule has 108 valence electrons. The van der Waals surface area contributed by atoms with Gasteiger partial charge in [0, 0.05) is 49.5 Å². The van der Waals surface area contributed by atoms with Crippen LogP contribution in [0.4, 0.5) is 5.69 Å². The van der Waals surface area contributed by atoms with Crippen LogP contribution in [-0.4, -0.2) is 13.7 Å². The zero-order valence-electron chi connectivity index (χ0n) is 11.8. The second-order valence-corrected chi connectivity index (χ2v) is 5.12. The van der Waals surface area contributed by atoms with E-state index < -0.39 is 0 Å². The Hall–Kier alpha value is -2.24. The van der Waals surface area contributed by atoms with Crippen molar-refractivity contribution in [1.29, 1.82) is 0 Å². The number of pyridine rings is 1. The molecule has 0 unspecified atom stereocenters. The molecule has 0 aliphatic rings. The molecule has 6 heteroatoms. The Balaban J connectivity index is 2.02. The van der Waals surface area contributed by atoms with Crippen LogP contribution in [0.2, 0.25) is 0 Å². The van der Waals surface area contributed by atoms with Gasteiger partial charge in [-0.25, -0.2) is 4.79 Å². The summed E-state index contributed by atoms with van der Waals surface area (Å²) in [5, 5.41) is 0. The Morgan fingerprint density at radius 2 is 1.80 bits per heavy atom. The molecule has 0 saturated heterocycles. The van der Waals surface area contributed by atoms with E-state index in [4.69, 9.17) is 5.73 Å². The van der Waals surface area contributed by atoms with Crippen LogP contribution < -0.4 is 17.0 Å². The van der Waals surface area contributed by atoms with Gasteiger partial charge in [0.05, 0.1) is 0 Å². The minimum Gasteiger partial charge on any atom is -0.398 e. The maximum atomic E-state index is 12.0. The van der Waals surface area contributed by atoms with E-state index in [-0.39, 0.29) is 17.3 Å². The summed E-state index contributed by atoms with van der Waals surface area (Å²) in [6, 6.07) is 3.20. The van der Waals surface area contributed by atoms with Crippen LogP contribution in [0, 0.1) is 0 Å². The molecule has 0 amide bonds. The summed E-state index contributed by atoms with van der Waals surface area (Å²) >= 11 is 0. The quantitative estimate of drug-likeness (QED) is 0.887. The highest BCUT2D eigenvalue weighted by Gasteiger charge is 2.05. The largest absolute Gasteiger partial charge is 0.398 e. The standard InChI is InChI=1S/C14H20N4O2/c1-11(2)18-9-8-16(14(18)20)6-3-7-17-10-12(15)4-5-13(17)19/h4-5,8-11H,3,6-7,15H2,1-2H3. The summed E-state index contributed by atoms with van der Waals surface area (Å²) in [7, 11) is 0. The number of nitrogens with two attached hydrogens (primary N) is 1. The van der Waals surface area contributed by atoms with Crippen LogP contribution in [-0.2, 0) is 13.1 Å². The molecule has 2 aromatic rings. The molecule has 0 atom stereocenters. The van der Waals surface area contributed by atoms with Crippen LogP contribution in [0.25, 0.3) is 0 Å². The smallest absolute Gasteiger partial charge is 0.328 e. The van der Waals surface area contributed by atoms with Crippen molar-refractivity contribution in [2.45, 2.75) is 39.4 Å². The topological polar surface area (TPSA) is 75.0 Å². The van der Waals surface area contributed by atoms with Crippen LogP contribution in [0.15, 0.2) is 40.3 Å². The number of hydrogen-bond acceptors (Lipinski definition) is 3. The summed E-state index contributed by atoms with van der Waals surface area (Å²) in [6.45, 7) is 5.07. The summed E-state index contributed by atoms with van der Waals surface area (Å²) in [5.41, 5.74) is 6.12. The molecule has 2 rings (SSSR count). The second-order valence-electron chi connectivity index (χ2n) is 5.12. The summed E-state index contributed by atoms with van der Waals surface area (Å²) in [5.74, 6) is 0. The van der Waals surface area contributed by atoms with Crippen molar-refractivity contribution >= 4 is 5.69 Å². The molecule has 0 aromatic carbocycles. The number of nitrogens with zero attached hydrogens (tertiary/aromatic N) is 3. The fraction of sp³-hybridized carbons (Fsp3) is 0.429. The maximum absolute atomic E-state index is 12.0. The molecule has 0 aliphatic heterocycles. The summed E-state index contributed by atoms with van der Waals surface area (Å²) < 4.78 is 4.92. The van der Waals surface area contributed by atoms with Gasteiger partial charge in [-0.05, 0) is 26.3 Å². The predicted molar refractivity (Wildman–Crippen MR) is 78.8 cm³/mol. The molecule has 0 radical (unpaired) electrons. The lowest BCUT2D eigenvalue weighted by atomic mass is 10.3. The number of aryl methyl sites for hydroxylation is 2. The lowest BCUT2D eigenvalue weighted by molar-refractivity contribution is 0.516. The molecule has 0 aliphatic carbocycles.